The van der Waals surface area contributed by atoms with Crippen molar-refractivity contribution in [3.8, 4) is 5.13 Å². The highest BCUT2D eigenvalue weighted by atomic mass is 32.1. The third-order valence-corrected chi connectivity index (χ3v) is 3.15. The molecule has 5 nitrogen and oxygen atoms in total. The van der Waals surface area contributed by atoms with Crippen LogP contribution in [0, 0.1) is 0 Å². The lowest BCUT2D eigenvalue weighted by molar-refractivity contribution is 0.843. The van der Waals surface area contributed by atoms with Crippen LogP contribution in [0.2, 0.25) is 0 Å². The van der Waals surface area contributed by atoms with E-state index < -0.39 is 0 Å². The molecule has 3 rings (SSSR count). The van der Waals surface area contributed by atoms with Crippen LogP contribution in [0.1, 0.15) is 0 Å². The molecule has 0 fully saturated rings. The molecule has 0 saturated heterocycles. The number of hydrogen-bond acceptors (Lipinski definition) is 4. The zero-order valence-electron chi connectivity index (χ0n) is 8.49. The van der Waals surface area contributed by atoms with Crippen LogP contribution in [0.15, 0.2) is 35.4 Å². The normalized spacial score (nSPS) is 11.1. The van der Waals surface area contributed by atoms with Gasteiger partial charge in [-0.1, -0.05) is 12.1 Å². The third-order valence-electron chi connectivity index (χ3n) is 2.50. The highest BCUT2D eigenvalue weighted by Gasteiger charge is 2.13. The number of para-hydroxylation sites is 2. The van der Waals surface area contributed by atoms with Crippen molar-refractivity contribution in [1.82, 2.24) is 18.5 Å². The van der Waals surface area contributed by atoms with Crippen LogP contribution >= 0.6 is 11.5 Å². The summed E-state index contributed by atoms with van der Waals surface area (Å²) in [6, 6.07) is 7.62. The van der Waals surface area contributed by atoms with Gasteiger partial charge in [-0.2, -0.15) is 4.37 Å². The molecule has 1 aromatic carbocycles. The molecule has 0 aliphatic heterocycles. The maximum absolute atomic E-state index is 12.1. The highest BCUT2D eigenvalue weighted by Crippen LogP contribution is 2.16. The largest absolute Gasteiger partial charge is 0.335 e. The molecule has 0 amide bonds. The van der Waals surface area contributed by atoms with Crippen molar-refractivity contribution in [2.75, 3.05) is 0 Å². The second-order valence-electron chi connectivity index (χ2n) is 3.39. The summed E-state index contributed by atoms with van der Waals surface area (Å²) < 4.78 is 7.10. The minimum absolute atomic E-state index is 0.0991. The van der Waals surface area contributed by atoms with E-state index in [1.165, 1.54) is 17.9 Å². The molecular weight excluding hydrogens is 224 g/mol. The summed E-state index contributed by atoms with van der Waals surface area (Å²) in [6.45, 7) is 0. The first kappa shape index (κ1) is 9.29. The minimum atomic E-state index is -0.0991. The molecule has 80 valence electrons. The lowest BCUT2D eigenvalue weighted by Gasteiger charge is -1.94. The van der Waals surface area contributed by atoms with E-state index in [0.717, 1.165) is 11.0 Å². The van der Waals surface area contributed by atoms with Crippen molar-refractivity contribution in [2.24, 2.45) is 7.05 Å². The van der Waals surface area contributed by atoms with Crippen molar-refractivity contribution >= 4 is 22.6 Å². The van der Waals surface area contributed by atoms with Crippen molar-refractivity contribution in [3.05, 3.63) is 41.1 Å². The first-order chi connectivity index (χ1) is 7.79. The Bertz CT molecular complexity index is 695. The topological polar surface area (TPSA) is 52.7 Å². The standard InChI is InChI=1S/C10H8N4OS/c1-13-7-4-2-3-5-8(7)14(10(13)15)9-11-6-12-16-9/h2-6H,1H3. The molecule has 0 radical (unpaired) electrons. The van der Waals surface area contributed by atoms with Gasteiger partial charge in [0, 0.05) is 18.6 Å². The summed E-state index contributed by atoms with van der Waals surface area (Å²) in [4.78, 5) is 16.1. The van der Waals surface area contributed by atoms with Gasteiger partial charge in [0.05, 0.1) is 11.0 Å². The summed E-state index contributed by atoms with van der Waals surface area (Å²) in [5.74, 6) is 0. The smallest absolute Gasteiger partial charge is 0.295 e. The number of fused-ring (bicyclic) bond motifs is 1. The minimum Gasteiger partial charge on any atom is -0.295 e. The van der Waals surface area contributed by atoms with Gasteiger partial charge < -0.3 is 0 Å². The summed E-state index contributed by atoms with van der Waals surface area (Å²) in [7, 11) is 1.75. The van der Waals surface area contributed by atoms with Crippen LogP contribution in [0.3, 0.4) is 0 Å². The van der Waals surface area contributed by atoms with Gasteiger partial charge >= 0.3 is 5.69 Å². The Balaban J connectivity index is 2.50. The van der Waals surface area contributed by atoms with E-state index in [2.05, 4.69) is 9.36 Å². The zero-order valence-corrected chi connectivity index (χ0v) is 9.31. The number of benzene rings is 1. The Morgan fingerprint density at radius 1 is 1.25 bits per heavy atom. The molecule has 2 aromatic heterocycles. The number of hydrogen-bond donors (Lipinski definition) is 0. The number of nitrogens with zero attached hydrogens (tertiary/aromatic N) is 4. The van der Waals surface area contributed by atoms with Gasteiger partial charge in [-0.05, 0) is 12.1 Å². The number of aryl methyl sites for hydroxylation is 1. The maximum atomic E-state index is 12.1. The fourth-order valence-electron chi connectivity index (χ4n) is 1.74. The number of aromatic nitrogens is 4. The first-order valence-corrected chi connectivity index (χ1v) is 5.50. The van der Waals surface area contributed by atoms with E-state index in [1.807, 2.05) is 24.3 Å². The summed E-state index contributed by atoms with van der Waals surface area (Å²) in [5, 5.41) is 0.599. The SMILES string of the molecule is Cn1c(=O)n(-c2ncns2)c2ccccc21. The molecule has 3 aromatic rings. The lowest BCUT2D eigenvalue weighted by Crippen LogP contribution is -2.20. The molecule has 0 unspecified atom stereocenters. The van der Waals surface area contributed by atoms with Gasteiger partial charge in [-0.15, -0.1) is 0 Å². The second-order valence-corrected chi connectivity index (χ2v) is 4.15. The summed E-state index contributed by atoms with van der Waals surface area (Å²) in [5.41, 5.74) is 1.65. The van der Waals surface area contributed by atoms with Crippen LogP contribution in [0.25, 0.3) is 16.2 Å². The third kappa shape index (κ3) is 1.13. The Hall–Kier alpha value is -1.95. The molecule has 0 spiro atoms. The summed E-state index contributed by atoms with van der Waals surface area (Å²) >= 11 is 1.21. The van der Waals surface area contributed by atoms with Gasteiger partial charge in [0.1, 0.15) is 6.33 Å². The van der Waals surface area contributed by atoms with E-state index in [4.69, 9.17) is 0 Å². The predicted molar refractivity (Wildman–Crippen MR) is 62.0 cm³/mol. The van der Waals surface area contributed by atoms with Crippen LogP contribution in [-0.4, -0.2) is 18.5 Å². The Kier molecular flexibility index (Phi) is 1.90. The van der Waals surface area contributed by atoms with E-state index in [1.54, 1.807) is 16.2 Å². The van der Waals surface area contributed by atoms with Crippen molar-refractivity contribution < 1.29 is 0 Å². The number of imidazole rings is 1. The van der Waals surface area contributed by atoms with Crippen LogP contribution in [0.4, 0.5) is 0 Å². The average Bonchev–Trinajstić information content (AvgIpc) is 2.89. The van der Waals surface area contributed by atoms with Crippen LogP contribution in [0.5, 0.6) is 0 Å². The molecule has 0 aliphatic carbocycles. The van der Waals surface area contributed by atoms with E-state index >= 15 is 0 Å². The fraction of sp³-hybridized carbons (Fsp3) is 0.100. The Morgan fingerprint density at radius 3 is 2.69 bits per heavy atom. The van der Waals surface area contributed by atoms with E-state index in [-0.39, 0.29) is 5.69 Å². The van der Waals surface area contributed by atoms with Crippen molar-refractivity contribution in [2.45, 2.75) is 0 Å². The zero-order chi connectivity index (χ0) is 11.1. The van der Waals surface area contributed by atoms with Gasteiger partial charge in [-0.3, -0.25) is 4.57 Å². The Labute approximate surface area is 94.8 Å². The van der Waals surface area contributed by atoms with Gasteiger partial charge in [0.15, 0.2) is 0 Å². The Morgan fingerprint density at radius 2 is 2.00 bits per heavy atom. The molecule has 16 heavy (non-hydrogen) atoms. The van der Waals surface area contributed by atoms with Gasteiger partial charge in [0.25, 0.3) is 0 Å². The molecule has 0 bridgehead atoms. The first-order valence-electron chi connectivity index (χ1n) is 4.72. The second kappa shape index (κ2) is 3.28. The van der Waals surface area contributed by atoms with Crippen LogP contribution in [-0.2, 0) is 7.05 Å². The molecule has 0 N–H and O–H groups in total. The van der Waals surface area contributed by atoms with E-state index in [9.17, 15) is 4.79 Å². The average molecular weight is 232 g/mol. The molecule has 0 atom stereocenters. The molecule has 6 heteroatoms. The summed E-state index contributed by atoms with van der Waals surface area (Å²) in [6.07, 6.45) is 1.45. The van der Waals surface area contributed by atoms with Crippen molar-refractivity contribution in [3.63, 3.8) is 0 Å². The predicted octanol–water partition coefficient (Wildman–Crippen LogP) is 1.18. The fourth-order valence-corrected chi connectivity index (χ4v) is 2.28. The van der Waals surface area contributed by atoms with Gasteiger partial charge in [0.2, 0.25) is 5.13 Å². The molecule has 0 saturated carbocycles. The lowest BCUT2D eigenvalue weighted by atomic mass is 10.3. The quantitative estimate of drug-likeness (QED) is 0.633. The van der Waals surface area contributed by atoms with E-state index in [0.29, 0.717) is 5.13 Å². The monoisotopic (exact) mass is 232 g/mol. The van der Waals surface area contributed by atoms with Crippen LogP contribution < -0.4 is 5.69 Å². The van der Waals surface area contributed by atoms with Crippen molar-refractivity contribution in [1.29, 1.82) is 0 Å². The maximum Gasteiger partial charge on any atom is 0.335 e. The molecule has 0 aliphatic rings. The highest BCUT2D eigenvalue weighted by molar-refractivity contribution is 7.08. The van der Waals surface area contributed by atoms with Gasteiger partial charge in [-0.25, -0.2) is 14.3 Å². The molecular formula is C10H8N4OS. The number of rotatable bonds is 1. The molecule has 2 heterocycles.